The van der Waals surface area contributed by atoms with Crippen LogP contribution in [0, 0.1) is 5.92 Å². The van der Waals surface area contributed by atoms with Crippen molar-refractivity contribution in [1.29, 1.82) is 0 Å². The van der Waals surface area contributed by atoms with E-state index in [-0.39, 0.29) is 18.0 Å². The maximum atomic E-state index is 12.2. The first-order valence-corrected chi connectivity index (χ1v) is 8.21. The van der Waals surface area contributed by atoms with Crippen LogP contribution in [0.5, 0.6) is 0 Å². The van der Waals surface area contributed by atoms with Gasteiger partial charge in [-0.15, -0.1) is 0 Å². The van der Waals surface area contributed by atoms with Crippen LogP contribution in [0.1, 0.15) is 25.7 Å². The van der Waals surface area contributed by atoms with Crippen LogP contribution < -0.4 is 10.9 Å². The smallest absolute Gasteiger partial charge is 0.283 e. The van der Waals surface area contributed by atoms with Gasteiger partial charge >= 0.3 is 0 Å². The Morgan fingerprint density at radius 3 is 2.76 bits per heavy atom. The highest BCUT2D eigenvalue weighted by Gasteiger charge is 2.23. The van der Waals surface area contributed by atoms with Gasteiger partial charge in [0.2, 0.25) is 5.91 Å². The van der Waals surface area contributed by atoms with E-state index >= 15 is 0 Å². The van der Waals surface area contributed by atoms with E-state index in [1.807, 2.05) is 4.90 Å². The lowest BCUT2D eigenvalue weighted by Crippen LogP contribution is -2.33. The molecular weight excluding hydrogens is 336 g/mol. The number of hydrogen-bond acceptors (Lipinski definition) is 4. The molecule has 114 valence electrons. The van der Waals surface area contributed by atoms with Crippen LogP contribution in [0.2, 0.25) is 0 Å². The molecule has 0 unspecified atom stereocenters. The number of rotatable bonds is 5. The fourth-order valence-electron chi connectivity index (χ4n) is 2.51. The molecule has 1 saturated carbocycles. The highest BCUT2D eigenvalue weighted by atomic mass is 79.9. The molecule has 2 aliphatic rings. The third kappa shape index (κ3) is 3.45. The molecule has 0 bridgehead atoms. The first kappa shape index (κ1) is 14.6. The van der Waals surface area contributed by atoms with Crippen LogP contribution in [0.4, 0.5) is 5.69 Å². The largest absolute Gasteiger partial charge is 0.374 e. The summed E-state index contributed by atoms with van der Waals surface area (Å²) in [5.74, 6) is 0.666. The highest BCUT2D eigenvalue weighted by molar-refractivity contribution is 9.10. The average Bonchev–Trinajstić information content (AvgIpc) is 3.12. The zero-order valence-corrected chi connectivity index (χ0v) is 13.4. The van der Waals surface area contributed by atoms with E-state index in [9.17, 15) is 9.59 Å². The van der Waals surface area contributed by atoms with E-state index in [0.717, 1.165) is 25.9 Å². The monoisotopic (exact) mass is 354 g/mol. The summed E-state index contributed by atoms with van der Waals surface area (Å²) in [5.41, 5.74) is 0.445. The summed E-state index contributed by atoms with van der Waals surface area (Å²) < 4.78 is 1.95. The van der Waals surface area contributed by atoms with Gasteiger partial charge in [-0.1, -0.05) is 0 Å². The summed E-state index contributed by atoms with van der Waals surface area (Å²) in [4.78, 5) is 26.0. The van der Waals surface area contributed by atoms with Gasteiger partial charge in [-0.2, -0.15) is 5.10 Å². The lowest BCUT2D eigenvalue weighted by Gasteiger charge is -2.16. The summed E-state index contributed by atoms with van der Waals surface area (Å²) in [6, 6.07) is 0. The van der Waals surface area contributed by atoms with Crippen molar-refractivity contribution in [3.05, 3.63) is 21.0 Å². The van der Waals surface area contributed by atoms with Gasteiger partial charge in [0.25, 0.3) is 5.56 Å². The van der Waals surface area contributed by atoms with Crippen molar-refractivity contribution < 1.29 is 4.79 Å². The number of carbonyl (C=O) groups excluding carboxylic acids is 1. The molecule has 1 amide bonds. The van der Waals surface area contributed by atoms with Gasteiger partial charge in [0.15, 0.2) is 0 Å². The molecule has 2 fully saturated rings. The van der Waals surface area contributed by atoms with E-state index in [2.05, 4.69) is 26.3 Å². The molecular formula is C14H19BrN4O2. The zero-order valence-electron chi connectivity index (χ0n) is 11.8. The summed E-state index contributed by atoms with van der Waals surface area (Å²) >= 11 is 3.31. The van der Waals surface area contributed by atoms with Gasteiger partial charge in [-0.25, -0.2) is 4.68 Å². The molecule has 7 heteroatoms. The predicted octanol–water partition coefficient (Wildman–Crippen LogP) is 1.45. The fourth-order valence-corrected chi connectivity index (χ4v) is 2.96. The topological polar surface area (TPSA) is 67.2 Å². The van der Waals surface area contributed by atoms with Crippen molar-refractivity contribution in [2.45, 2.75) is 32.2 Å². The van der Waals surface area contributed by atoms with Gasteiger partial charge in [-0.3, -0.25) is 9.59 Å². The molecule has 1 aromatic rings. The normalized spacial score (nSPS) is 18.0. The molecule has 2 heterocycles. The Morgan fingerprint density at radius 2 is 2.10 bits per heavy atom. The molecule has 0 spiro atoms. The summed E-state index contributed by atoms with van der Waals surface area (Å²) in [5, 5.41) is 7.19. The maximum Gasteiger partial charge on any atom is 0.283 e. The molecule has 1 N–H and O–H groups in total. The second-order valence-electron chi connectivity index (χ2n) is 5.74. The summed E-state index contributed by atoms with van der Waals surface area (Å²) in [6.07, 6.45) is 6.12. The molecule has 0 aromatic carbocycles. The van der Waals surface area contributed by atoms with E-state index in [1.54, 1.807) is 6.20 Å². The molecule has 1 aromatic heterocycles. The standard InChI is InChI=1S/C14H19BrN4O2/c15-13-11(16-8-12(20)18-5-1-2-6-18)7-17-19(14(13)21)9-10-3-4-10/h7,10,16H,1-6,8-9H2. The third-order valence-electron chi connectivity index (χ3n) is 4.00. The van der Waals surface area contributed by atoms with Crippen LogP contribution in [-0.4, -0.2) is 40.2 Å². The Labute approximate surface area is 131 Å². The second kappa shape index (κ2) is 6.17. The molecule has 1 aliphatic heterocycles. The minimum absolute atomic E-state index is 0.0709. The Bertz CT molecular complexity index is 591. The number of amides is 1. The number of halogens is 1. The lowest BCUT2D eigenvalue weighted by atomic mass is 10.4. The van der Waals surface area contributed by atoms with Gasteiger partial charge in [0.05, 0.1) is 18.4 Å². The molecule has 3 rings (SSSR count). The molecule has 0 radical (unpaired) electrons. The van der Waals surface area contributed by atoms with E-state index < -0.39 is 0 Å². The van der Waals surface area contributed by atoms with Crippen molar-refractivity contribution in [2.75, 3.05) is 25.0 Å². The van der Waals surface area contributed by atoms with Gasteiger partial charge < -0.3 is 10.2 Å². The predicted molar refractivity (Wildman–Crippen MR) is 83.2 cm³/mol. The van der Waals surface area contributed by atoms with Crippen LogP contribution in [0.25, 0.3) is 0 Å². The number of anilines is 1. The van der Waals surface area contributed by atoms with E-state index in [0.29, 0.717) is 22.6 Å². The van der Waals surface area contributed by atoms with Gasteiger partial charge in [-0.05, 0) is 47.5 Å². The zero-order chi connectivity index (χ0) is 14.8. The molecule has 21 heavy (non-hydrogen) atoms. The number of nitrogens with zero attached hydrogens (tertiary/aromatic N) is 3. The van der Waals surface area contributed by atoms with Gasteiger partial charge in [0.1, 0.15) is 4.47 Å². The second-order valence-corrected chi connectivity index (χ2v) is 6.54. The number of likely N-dealkylation sites (tertiary alicyclic amines) is 1. The molecule has 6 nitrogen and oxygen atoms in total. The SMILES string of the molecule is O=C(CNc1cnn(CC2CC2)c(=O)c1Br)N1CCCC1. The Balaban J connectivity index is 1.63. The third-order valence-corrected chi connectivity index (χ3v) is 4.77. The number of aromatic nitrogens is 2. The highest BCUT2D eigenvalue weighted by Crippen LogP contribution is 2.30. The minimum atomic E-state index is -0.138. The number of hydrogen-bond donors (Lipinski definition) is 1. The minimum Gasteiger partial charge on any atom is -0.374 e. The van der Waals surface area contributed by atoms with Crippen molar-refractivity contribution in [3.63, 3.8) is 0 Å². The van der Waals surface area contributed by atoms with E-state index in [4.69, 9.17) is 0 Å². The van der Waals surface area contributed by atoms with Gasteiger partial charge in [0, 0.05) is 19.6 Å². The fraction of sp³-hybridized carbons (Fsp3) is 0.643. The average molecular weight is 355 g/mol. The molecule has 1 aliphatic carbocycles. The first-order chi connectivity index (χ1) is 10.1. The summed E-state index contributed by atoms with van der Waals surface area (Å²) in [6.45, 7) is 2.56. The van der Waals surface area contributed by atoms with Crippen LogP contribution in [0.15, 0.2) is 15.5 Å². The van der Waals surface area contributed by atoms with Crippen LogP contribution in [0.3, 0.4) is 0 Å². The van der Waals surface area contributed by atoms with Crippen molar-refractivity contribution >= 4 is 27.5 Å². The Morgan fingerprint density at radius 1 is 1.38 bits per heavy atom. The van der Waals surface area contributed by atoms with Crippen molar-refractivity contribution in [3.8, 4) is 0 Å². The molecule has 0 atom stereocenters. The summed E-state index contributed by atoms with van der Waals surface area (Å²) in [7, 11) is 0. The van der Waals surface area contributed by atoms with Crippen molar-refractivity contribution in [2.24, 2.45) is 5.92 Å². The molecule has 1 saturated heterocycles. The van der Waals surface area contributed by atoms with Crippen LogP contribution in [-0.2, 0) is 11.3 Å². The Kier molecular flexibility index (Phi) is 4.28. The Hall–Kier alpha value is -1.37. The number of nitrogens with one attached hydrogen (secondary N) is 1. The van der Waals surface area contributed by atoms with Crippen LogP contribution >= 0.6 is 15.9 Å². The van der Waals surface area contributed by atoms with E-state index in [1.165, 1.54) is 17.5 Å². The van der Waals surface area contributed by atoms with Crippen molar-refractivity contribution in [1.82, 2.24) is 14.7 Å². The quantitative estimate of drug-likeness (QED) is 0.868. The lowest BCUT2D eigenvalue weighted by molar-refractivity contribution is -0.128. The number of carbonyl (C=O) groups is 1. The maximum absolute atomic E-state index is 12.2. The first-order valence-electron chi connectivity index (χ1n) is 7.42.